The van der Waals surface area contributed by atoms with Crippen molar-refractivity contribution in [3.8, 4) is 11.8 Å². The fourth-order valence-electron chi connectivity index (χ4n) is 6.50. The third kappa shape index (κ3) is 7.78. The highest BCUT2D eigenvalue weighted by atomic mass is 16.5. The molecule has 0 N–H and O–H groups in total. The molecule has 2 aromatic rings. The summed E-state index contributed by atoms with van der Waals surface area (Å²) < 4.78 is 12.1. The molecule has 0 saturated heterocycles. The highest BCUT2D eigenvalue weighted by Crippen LogP contribution is 2.37. The zero-order valence-electron chi connectivity index (χ0n) is 25.1. The van der Waals surface area contributed by atoms with E-state index in [0.717, 1.165) is 36.8 Å². The molecule has 0 bridgehead atoms. The molecule has 214 valence electrons. The average Bonchev–Trinajstić information content (AvgIpc) is 2.92. The van der Waals surface area contributed by atoms with Crippen LogP contribution in [0.3, 0.4) is 0 Å². The monoisotopic (exact) mass is 542 g/mol. The van der Waals surface area contributed by atoms with Gasteiger partial charge in [-0.15, -0.1) is 0 Å². The van der Waals surface area contributed by atoms with Gasteiger partial charge in [0.15, 0.2) is 0 Å². The molecule has 4 rings (SSSR count). The molecule has 2 aliphatic carbocycles. The molecule has 40 heavy (non-hydrogen) atoms. The lowest BCUT2D eigenvalue weighted by Crippen LogP contribution is -2.35. The van der Waals surface area contributed by atoms with Crippen LogP contribution in [0.25, 0.3) is 0 Å². The van der Waals surface area contributed by atoms with E-state index in [-0.39, 0.29) is 24.1 Å². The third-order valence-corrected chi connectivity index (χ3v) is 8.99. The van der Waals surface area contributed by atoms with Crippen LogP contribution in [0.2, 0.25) is 0 Å². The Labute approximate surface area is 241 Å². The summed E-state index contributed by atoms with van der Waals surface area (Å²) in [5.74, 6) is 8.67. The van der Waals surface area contributed by atoms with Gasteiger partial charge >= 0.3 is 11.9 Å². The summed E-state index contributed by atoms with van der Waals surface area (Å²) in [4.78, 5) is 26.1. The molecule has 2 unspecified atom stereocenters. The molecule has 0 aromatic heterocycles. The van der Waals surface area contributed by atoms with Crippen LogP contribution >= 0.6 is 0 Å². The third-order valence-electron chi connectivity index (χ3n) is 8.99. The number of carbonyl (C=O) groups excluding carboxylic acids is 2. The Morgan fingerprint density at radius 3 is 1.45 bits per heavy atom. The van der Waals surface area contributed by atoms with Gasteiger partial charge in [0, 0.05) is 11.1 Å². The van der Waals surface area contributed by atoms with Crippen molar-refractivity contribution in [3.63, 3.8) is 0 Å². The minimum absolute atomic E-state index is 0.0406. The molecule has 4 nitrogen and oxygen atoms in total. The van der Waals surface area contributed by atoms with Gasteiger partial charge in [0.1, 0.15) is 12.2 Å². The molecule has 0 spiro atoms. The second-order valence-corrected chi connectivity index (χ2v) is 13.0. The Morgan fingerprint density at radius 1 is 0.675 bits per heavy atom. The first-order valence-electron chi connectivity index (χ1n) is 15.2. The lowest BCUT2D eigenvalue weighted by molar-refractivity contribution is -0.0181. The standard InChI is InChI=1S/C36H46O4/c1-23(2)31-17-13-25(5)19-33(31)39-35(37)29-11-7-9-27(21-29)15-16-28-10-8-12-30(22-28)36(38)40-34-20-26(6)14-18-32(34)24(3)4/h7-12,21-26,31-34H,13-14,17-20H2,1-6H3/t25-,26-,31+,32+,33?,34?/m1/s1. The second kappa shape index (κ2) is 13.5. The van der Waals surface area contributed by atoms with Crippen LogP contribution in [0.5, 0.6) is 0 Å². The summed E-state index contributed by atoms with van der Waals surface area (Å²) in [7, 11) is 0. The van der Waals surface area contributed by atoms with Gasteiger partial charge in [-0.25, -0.2) is 9.59 Å². The van der Waals surface area contributed by atoms with Crippen LogP contribution < -0.4 is 0 Å². The maximum atomic E-state index is 13.1. The van der Waals surface area contributed by atoms with Crippen LogP contribution in [-0.2, 0) is 9.47 Å². The highest BCUT2D eigenvalue weighted by Gasteiger charge is 2.34. The minimum Gasteiger partial charge on any atom is -0.458 e. The number of rotatable bonds is 6. The summed E-state index contributed by atoms with van der Waals surface area (Å²) in [6.45, 7) is 13.3. The zero-order chi connectivity index (χ0) is 28.8. The minimum atomic E-state index is -0.283. The van der Waals surface area contributed by atoms with E-state index in [9.17, 15) is 9.59 Å². The first kappa shape index (κ1) is 29.9. The van der Waals surface area contributed by atoms with E-state index in [1.807, 2.05) is 24.3 Å². The Hall–Kier alpha value is -3.06. The van der Waals surface area contributed by atoms with Crippen LogP contribution in [0, 0.1) is 47.3 Å². The fourth-order valence-corrected chi connectivity index (χ4v) is 6.50. The maximum absolute atomic E-state index is 13.1. The van der Waals surface area contributed by atoms with Gasteiger partial charge in [-0.2, -0.15) is 0 Å². The summed E-state index contributed by atoms with van der Waals surface area (Å²) >= 11 is 0. The van der Waals surface area contributed by atoms with Gasteiger partial charge in [0.25, 0.3) is 0 Å². The molecule has 4 heteroatoms. The summed E-state index contributed by atoms with van der Waals surface area (Å²) in [6.07, 6.45) is 6.36. The Bertz CT molecular complexity index is 1140. The summed E-state index contributed by atoms with van der Waals surface area (Å²) in [6, 6.07) is 14.6. The second-order valence-electron chi connectivity index (χ2n) is 13.0. The first-order valence-corrected chi connectivity index (χ1v) is 15.2. The topological polar surface area (TPSA) is 52.6 Å². The van der Waals surface area contributed by atoms with Crippen LogP contribution in [0.1, 0.15) is 112 Å². The number of ether oxygens (including phenoxy) is 2. The number of hydrogen-bond donors (Lipinski definition) is 0. The quantitative estimate of drug-likeness (QED) is 0.272. The van der Waals surface area contributed by atoms with E-state index in [1.54, 1.807) is 24.3 Å². The maximum Gasteiger partial charge on any atom is 0.338 e. The van der Waals surface area contributed by atoms with Crippen molar-refractivity contribution in [2.24, 2.45) is 35.5 Å². The van der Waals surface area contributed by atoms with E-state index in [2.05, 4.69) is 53.4 Å². The van der Waals surface area contributed by atoms with Crippen molar-refractivity contribution in [2.75, 3.05) is 0 Å². The Balaban J connectivity index is 1.43. The molecule has 2 saturated carbocycles. The first-order chi connectivity index (χ1) is 19.1. The van der Waals surface area contributed by atoms with Gasteiger partial charge in [-0.1, -0.05) is 78.4 Å². The predicted octanol–water partition coefficient (Wildman–Crippen LogP) is 8.32. The predicted molar refractivity (Wildman–Crippen MR) is 160 cm³/mol. The van der Waals surface area contributed by atoms with Gasteiger partial charge in [0.05, 0.1) is 11.1 Å². The van der Waals surface area contributed by atoms with Crippen LogP contribution in [-0.4, -0.2) is 24.1 Å². The lowest BCUT2D eigenvalue weighted by atomic mass is 9.75. The number of esters is 2. The summed E-state index contributed by atoms with van der Waals surface area (Å²) in [5.41, 5.74) is 2.50. The lowest BCUT2D eigenvalue weighted by Gasteiger charge is -2.36. The molecule has 0 aliphatic heterocycles. The average molecular weight is 543 g/mol. The zero-order valence-corrected chi connectivity index (χ0v) is 25.1. The van der Waals surface area contributed by atoms with E-state index in [1.165, 1.54) is 12.8 Å². The van der Waals surface area contributed by atoms with E-state index in [0.29, 0.717) is 46.6 Å². The van der Waals surface area contributed by atoms with Crippen molar-refractivity contribution in [1.29, 1.82) is 0 Å². The van der Waals surface area contributed by atoms with Crippen LogP contribution in [0.15, 0.2) is 48.5 Å². The Morgan fingerprint density at radius 2 is 1.07 bits per heavy atom. The normalized spacial score (nSPS) is 26.6. The smallest absolute Gasteiger partial charge is 0.338 e. The van der Waals surface area contributed by atoms with Crippen molar-refractivity contribution in [2.45, 2.75) is 92.3 Å². The van der Waals surface area contributed by atoms with Gasteiger partial charge in [-0.3, -0.25) is 0 Å². The molecule has 2 aromatic carbocycles. The molecule has 2 aliphatic rings. The SMILES string of the molecule is CC(C)[C@@H]1CC[C@@H](C)CC1OC(=O)c1cccc(C#Cc2cccc(C(=O)OC3C[C@H](C)CC[C@H]3C(C)C)c2)c1. The molecule has 2 fully saturated rings. The van der Waals surface area contributed by atoms with Crippen molar-refractivity contribution < 1.29 is 19.1 Å². The molecule has 6 atom stereocenters. The molecule has 0 amide bonds. The van der Waals surface area contributed by atoms with Crippen molar-refractivity contribution >= 4 is 11.9 Å². The fraction of sp³-hybridized carbons (Fsp3) is 0.556. The van der Waals surface area contributed by atoms with E-state index < -0.39 is 0 Å². The van der Waals surface area contributed by atoms with Crippen molar-refractivity contribution in [3.05, 3.63) is 70.8 Å². The molecule has 0 heterocycles. The van der Waals surface area contributed by atoms with Crippen molar-refractivity contribution in [1.82, 2.24) is 0 Å². The highest BCUT2D eigenvalue weighted by molar-refractivity contribution is 5.90. The number of benzene rings is 2. The van der Waals surface area contributed by atoms with E-state index in [4.69, 9.17) is 9.47 Å². The van der Waals surface area contributed by atoms with Crippen LogP contribution in [0.4, 0.5) is 0 Å². The largest absolute Gasteiger partial charge is 0.458 e. The van der Waals surface area contributed by atoms with Gasteiger partial charge in [-0.05, 0) is 97.6 Å². The number of carbonyl (C=O) groups is 2. The molecule has 0 radical (unpaired) electrons. The molecular weight excluding hydrogens is 496 g/mol. The van der Waals surface area contributed by atoms with Gasteiger partial charge < -0.3 is 9.47 Å². The van der Waals surface area contributed by atoms with E-state index >= 15 is 0 Å². The van der Waals surface area contributed by atoms with Gasteiger partial charge in [0.2, 0.25) is 0 Å². The summed E-state index contributed by atoms with van der Waals surface area (Å²) in [5, 5.41) is 0. The molecular formula is C36H46O4. The number of hydrogen-bond acceptors (Lipinski definition) is 4. The Kier molecular flexibility index (Phi) is 10.1.